The fourth-order valence-corrected chi connectivity index (χ4v) is 2.02. The predicted molar refractivity (Wildman–Crippen MR) is 78.2 cm³/mol. The highest BCUT2D eigenvalue weighted by Gasteiger charge is 2.06. The van der Waals surface area contributed by atoms with Gasteiger partial charge in [0.15, 0.2) is 0 Å². The first-order chi connectivity index (χ1) is 9.15. The van der Waals surface area contributed by atoms with Crippen LogP contribution in [0.2, 0.25) is 0 Å². The Morgan fingerprint density at radius 3 is 2.21 bits per heavy atom. The van der Waals surface area contributed by atoms with Gasteiger partial charge in [0.05, 0.1) is 13.7 Å². The van der Waals surface area contributed by atoms with Crippen LogP contribution in [0.4, 0.5) is 11.4 Å². The molecule has 0 saturated heterocycles. The molecule has 0 heterocycles. The molecule has 0 fully saturated rings. The monoisotopic (exact) mass is 257 g/mol. The van der Waals surface area contributed by atoms with E-state index in [1.54, 1.807) is 7.11 Å². The maximum atomic E-state index is 9.20. The highest BCUT2D eigenvalue weighted by atomic mass is 16.5. The molecule has 0 bridgehead atoms. The molecule has 2 aromatic rings. The zero-order chi connectivity index (χ0) is 13.8. The number of hydrogen-bond donors (Lipinski definition) is 1. The quantitative estimate of drug-likeness (QED) is 0.912. The minimum atomic E-state index is 0.0817. The van der Waals surface area contributed by atoms with Gasteiger partial charge in [-0.1, -0.05) is 6.07 Å². The van der Waals surface area contributed by atoms with Crippen molar-refractivity contribution in [1.82, 2.24) is 0 Å². The number of anilines is 2. The second-order valence-corrected chi connectivity index (χ2v) is 4.53. The third-order valence-electron chi connectivity index (χ3n) is 3.34. The summed E-state index contributed by atoms with van der Waals surface area (Å²) in [6.07, 6.45) is 0. The van der Waals surface area contributed by atoms with Crippen molar-refractivity contribution in [2.45, 2.75) is 13.5 Å². The summed E-state index contributed by atoms with van der Waals surface area (Å²) in [5.74, 6) is 0.851. The van der Waals surface area contributed by atoms with Gasteiger partial charge in [-0.2, -0.15) is 0 Å². The Kier molecular flexibility index (Phi) is 4.07. The standard InChI is InChI=1S/C16H19NO2/c1-12-10-15(5-4-13(12)11-18)17(2)14-6-8-16(19-3)9-7-14/h4-10,18H,11H2,1-3H3. The summed E-state index contributed by atoms with van der Waals surface area (Å²) in [6, 6.07) is 14.0. The maximum Gasteiger partial charge on any atom is 0.119 e. The molecule has 0 aliphatic rings. The maximum absolute atomic E-state index is 9.20. The summed E-state index contributed by atoms with van der Waals surface area (Å²) in [7, 11) is 3.69. The van der Waals surface area contributed by atoms with E-state index in [0.29, 0.717) is 0 Å². The lowest BCUT2D eigenvalue weighted by Crippen LogP contribution is -2.09. The number of methoxy groups -OCH3 is 1. The lowest BCUT2D eigenvalue weighted by Gasteiger charge is -2.21. The molecule has 0 atom stereocenters. The number of nitrogens with zero attached hydrogens (tertiary/aromatic N) is 1. The van der Waals surface area contributed by atoms with E-state index in [1.165, 1.54) is 0 Å². The zero-order valence-electron chi connectivity index (χ0n) is 11.6. The van der Waals surface area contributed by atoms with Gasteiger partial charge in [-0.25, -0.2) is 0 Å². The average molecular weight is 257 g/mol. The molecule has 3 heteroatoms. The van der Waals surface area contributed by atoms with Crippen molar-refractivity contribution < 1.29 is 9.84 Å². The van der Waals surface area contributed by atoms with Crippen molar-refractivity contribution in [3.05, 3.63) is 53.6 Å². The molecule has 0 aliphatic heterocycles. The van der Waals surface area contributed by atoms with Crippen LogP contribution in [-0.4, -0.2) is 19.3 Å². The van der Waals surface area contributed by atoms with Crippen molar-refractivity contribution in [2.75, 3.05) is 19.1 Å². The molecule has 3 nitrogen and oxygen atoms in total. The van der Waals surface area contributed by atoms with Crippen molar-refractivity contribution >= 4 is 11.4 Å². The largest absolute Gasteiger partial charge is 0.497 e. The Bertz CT molecular complexity index is 549. The Morgan fingerprint density at radius 1 is 1.05 bits per heavy atom. The summed E-state index contributed by atoms with van der Waals surface area (Å²) < 4.78 is 5.16. The van der Waals surface area contributed by atoms with Gasteiger partial charge < -0.3 is 14.7 Å². The van der Waals surface area contributed by atoms with Gasteiger partial charge in [0.1, 0.15) is 5.75 Å². The predicted octanol–water partition coefficient (Wildman–Crippen LogP) is 3.26. The van der Waals surface area contributed by atoms with Gasteiger partial charge >= 0.3 is 0 Å². The van der Waals surface area contributed by atoms with Gasteiger partial charge in [0.25, 0.3) is 0 Å². The normalized spacial score (nSPS) is 10.3. The topological polar surface area (TPSA) is 32.7 Å². The molecule has 19 heavy (non-hydrogen) atoms. The zero-order valence-corrected chi connectivity index (χ0v) is 11.6. The highest BCUT2D eigenvalue weighted by Crippen LogP contribution is 2.27. The fraction of sp³-hybridized carbons (Fsp3) is 0.250. The summed E-state index contributed by atoms with van der Waals surface area (Å²) in [6.45, 7) is 2.09. The Hall–Kier alpha value is -2.00. The van der Waals surface area contributed by atoms with E-state index < -0.39 is 0 Å². The molecule has 0 aromatic heterocycles. The van der Waals surface area contributed by atoms with E-state index in [0.717, 1.165) is 28.3 Å². The summed E-state index contributed by atoms with van der Waals surface area (Å²) in [5, 5.41) is 9.20. The molecule has 0 saturated carbocycles. The minimum absolute atomic E-state index is 0.0817. The van der Waals surface area contributed by atoms with Crippen molar-refractivity contribution in [2.24, 2.45) is 0 Å². The number of rotatable bonds is 4. The molecule has 0 unspecified atom stereocenters. The molecular formula is C16H19NO2. The number of aryl methyl sites for hydroxylation is 1. The van der Waals surface area contributed by atoms with Crippen LogP contribution in [0.5, 0.6) is 5.75 Å². The van der Waals surface area contributed by atoms with Crippen LogP contribution in [0.3, 0.4) is 0 Å². The van der Waals surface area contributed by atoms with E-state index in [2.05, 4.69) is 11.0 Å². The second-order valence-electron chi connectivity index (χ2n) is 4.53. The lowest BCUT2D eigenvalue weighted by molar-refractivity contribution is 0.281. The molecule has 100 valence electrons. The van der Waals surface area contributed by atoms with Gasteiger partial charge in [0, 0.05) is 18.4 Å². The smallest absolute Gasteiger partial charge is 0.119 e. The SMILES string of the molecule is COc1ccc(N(C)c2ccc(CO)c(C)c2)cc1. The van der Waals surface area contributed by atoms with E-state index >= 15 is 0 Å². The first kappa shape index (κ1) is 13.4. The molecule has 2 aromatic carbocycles. The van der Waals surface area contributed by atoms with Crippen LogP contribution in [0.15, 0.2) is 42.5 Å². The number of aliphatic hydroxyl groups excluding tert-OH is 1. The van der Waals surface area contributed by atoms with E-state index in [1.807, 2.05) is 50.4 Å². The molecule has 0 aliphatic carbocycles. The first-order valence-corrected chi connectivity index (χ1v) is 6.24. The second kappa shape index (κ2) is 5.76. The van der Waals surface area contributed by atoms with Crippen LogP contribution < -0.4 is 9.64 Å². The summed E-state index contributed by atoms with van der Waals surface area (Å²) >= 11 is 0. The summed E-state index contributed by atoms with van der Waals surface area (Å²) in [4.78, 5) is 2.10. The van der Waals surface area contributed by atoms with Crippen molar-refractivity contribution in [3.63, 3.8) is 0 Å². The molecule has 0 radical (unpaired) electrons. The molecule has 0 amide bonds. The Morgan fingerprint density at radius 2 is 1.68 bits per heavy atom. The van der Waals surface area contributed by atoms with Crippen LogP contribution in [0.1, 0.15) is 11.1 Å². The van der Waals surface area contributed by atoms with Crippen molar-refractivity contribution in [3.8, 4) is 5.75 Å². The van der Waals surface area contributed by atoms with Crippen LogP contribution in [-0.2, 0) is 6.61 Å². The molecule has 1 N–H and O–H groups in total. The van der Waals surface area contributed by atoms with Gasteiger partial charge in [-0.05, 0) is 54.4 Å². The van der Waals surface area contributed by atoms with Crippen LogP contribution in [0.25, 0.3) is 0 Å². The Balaban J connectivity index is 2.27. The first-order valence-electron chi connectivity index (χ1n) is 6.24. The third-order valence-corrected chi connectivity index (χ3v) is 3.34. The average Bonchev–Trinajstić information content (AvgIpc) is 2.46. The van der Waals surface area contributed by atoms with E-state index in [-0.39, 0.29) is 6.61 Å². The summed E-state index contributed by atoms with van der Waals surface area (Å²) in [5.41, 5.74) is 4.25. The van der Waals surface area contributed by atoms with Gasteiger partial charge in [0.2, 0.25) is 0 Å². The van der Waals surface area contributed by atoms with Crippen molar-refractivity contribution in [1.29, 1.82) is 0 Å². The Labute approximate surface area is 114 Å². The van der Waals surface area contributed by atoms with Crippen LogP contribution >= 0.6 is 0 Å². The van der Waals surface area contributed by atoms with E-state index in [9.17, 15) is 5.11 Å². The number of benzene rings is 2. The fourth-order valence-electron chi connectivity index (χ4n) is 2.02. The van der Waals surface area contributed by atoms with Gasteiger partial charge in [-0.15, -0.1) is 0 Å². The molecular weight excluding hydrogens is 238 g/mol. The minimum Gasteiger partial charge on any atom is -0.497 e. The highest BCUT2D eigenvalue weighted by molar-refractivity contribution is 5.64. The van der Waals surface area contributed by atoms with E-state index in [4.69, 9.17) is 4.74 Å². The van der Waals surface area contributed by atoms with Crippen LogP contribution in [0, 0.1) is 6.92 Å². The third kappa shape index (κ3) is 2.88. The van der Waals surface area contributed by atoms with Gasteiger partial charge in [-0.3, -0.25) is 0 Å². The number of ether oxygens (including phenoxy) is 1. The molecule has 0 spiro atoms. The lowest BCUT2D eigenvalue weighted by atomic mass is 10.1. The number of aliphatic hydroxyl groups is 1. The number of hydrogen-bond acceptors (Lipinski definition) is 3. The molecule has 2 rings (SSSR count).